The lowest BCUT2D eigenvalue weighted by Crippen LogP contribution is -2.05. The molecule has 3 aromatic carbocycles. The van der Waals surface area contributed by atoms with E-state index in [-0.39, 0.29) is 0 Å². The van der Waals surface area contributed by atoms with Crippen LogP contribution in [0.2, 0.25) is 0 Å². The summed E-state index contributed by atoms with van der Waals surface area (Å²) in [6.07, 6.45) is 0. The minimum atomic E-state index is 0.436. The van der Waals surface area contributed by atoms with Crippen molar-refractivity contribution in [1.29, 1.82) is 0 Å². The Kier molecular flexibility index (Phi) is 8.01. The van der Waals surface area contributed by atoms with Crippen LogP contribution in [0.15, 0.2) is 60.7 Å². The summed E-state index contributed by atoms with van der Waals surface area (Å²) in [7, 11) is 1.69. The Balaban J connectivity index is 1.72. The van der Waals surface area contributed by atoms with Crippen LogP contribution in [0, 0.1) is 6.92 Å². The molecule has 0 heterocycles. The molecule has 152 valence electrons. The smallest absolute Gasteiger partial charge is 0.132 e. The Morgan fingerprint density at radius 2 is 1.10 bits per heavy atom. The third-order valence-corrected chi connectivity index (χ3v) is 5.83. The fraction of sp³-hybridized carbons (Fsp3) is 0.250. The van der Waals surface area contributed by atoms with Crippen molar-refractivity contribution in [3.63, 3.8) is 0 Å². The number of methoxy groups -OCH3 is 1. The third kappa shape index (κ3) is 6.00. The summed E-state index contributed by atoms with van der Waals surface area (Å²) >= 11 is 6.92. The van der Waals surface area contributed by atoms with Crippen molar-refractivity contribution in [2.24, 2.45) is 0 Å². The van der Waals surface area contributed by atoms with Crippen molar-refractivity contribution < 1.29 is 14.2 Å². The van der Waals surface area contributed by atoms with E-state index in [9.17, 15) is 0 Å². The highest BCUT2D eigenvalue weighted by Crippen LogP contribution is 2.29. The van der Waals surface area contributed by atoms with Crippen LogP contribution in [-0.2, 0) is 23.9 Å². The largest absolute Gasteiger partial charge is 0.496 e. The molecule has 0 unspecified atom stereocenters. The zero-order valence-electron chi connectivity index (χ0n) is 16.6. The fourth-order valence-electron chi connectivity index (χ4n) is 3.08. The average Bonchev–Trinajstić information content (AvgIpc) is 2.76. The van der Waals surface area contributed by atoms with Crippen LogP contribution in [0.3, 0.4) is 0 Å². The van der Waals surface area contributed by atoms with Crippen LogP contribution in [0.5, 0.6) is 17.2 Å². The molecule has 0 aliphatic heterocycles. The summed E-state index contributed by atoms with van der Waals surface area (Å²) in [6, 6.07) is 20.3. The van der Waals surface area contributed by atoms with Crippen LogP contribution in [-0.4, -0.2) is 7.11 Å². The molecule has 0 fully saturated rings. The third-order valence-electron chi connectivity index (χ3n) is 4.54. The molecule has 0 amide bonds. The fourth-order valence-corrected chi connectivity index (χ4v) is 3.82. The van der Waals surface area contributed by atoms with Crippen LogP contribution in [0.4, 0.5) is 0 Å². The van der Waals surface area contributed by atoms with Gasteiger partial charge in [-0.1, -0.05) is 61.7 Å². The molecule has 3 rings (SSSR count). The van der Waals surface area contributed by atoms with Crippen molar-refractivity contribution >= 4 is 31.9 Å². The van der Waals surface area contributed by atoms with Crippen LogP contribution in [0.1, 0.15) is 27.8 Å². The number of hydrogen-bond acceptors (Lipinski definition) is 3. The molecule has 0 spiro atoms. The van der Waals surface area contributed by atoms with Crippen LogP contribution < -0.4 is 14.2 Å². The molecule has 5 heteroatoms. The van der Waals surface area contributed by atoms with Crippen LogP contribution >= 0.6 is 31.9 Å². The van der Waals surface area contributed by atoms with Gasteiger partial charge in [0.2, 0.25) is 0 Å². The Labute approximate surface area is 189 Å². The molecule has 0 atom stereocenters. The molecule has 0 aromatic heterocycles. The van der Waals surface area contributed by atoms with E-state index >= 15 is 0 Å². The van der Waals surface area contributed by atoms with E-state index in [0.29, 0.717) is 13.2 Å². The molecule has 3 aromatic rings. The van der Waals surface area contributed by atoms with Gasteiger partial charge >= 0.3 is 0 Å². The van der Waals surface area contributed by atoms with Gasteiger partial charge in [0.25, 0.3) is 0 Å². The SMILES string of the molecule is COc1c(COc2ccc(CBr)cc2)cc(C)cc1COc1ccc(CBr)cc1. The predicted molar refractivity (Wildman–Crippen MR) is 125 cm³/mol. The topological polar surface area (TPSA) is 27.7 Å². The van der Waals surface area contributed by atoms with E-state index in [2.05, 4.69) is 75.2 Å². The van der Waals surface area contributed by atoms with Gasteiger partial charge in [0.15, 0.2) is 0 Å². The maximum absolute atomic E-state index is 5.99. The highest BCUT2D eigenvalue weighted by Gasteiger charge is 2.12. The highest BCUT2D eigenvalue weighted by molar-refractivity contribution is 9.08. The predicted octanol–water partition coefficient (Wildman–Crippen LogP) is 6.95. The van der Waals surface area contributed by atoms with Crippen molar-refractivity contribution in [2.45, 2.75) is 30.8 Å². The van der Waals surface area contributed by atoms with Crippen molar-refractivity contribution in [3.05, 3.63) is 88.5 Å². The second-order valence-corrected chi connectivity index (χ2v) is 7.87. The number of alkyl halides is 2. The van der Waals surface area contributed by atoms with E-state index in [1.807, 2.05) is 24.3 Å². The molecule has 0 saturated carbocycles. The minimum absolute atomic E-state index is 0.436. The quantitative estimate of drug-likeness (QED) is 0.286. The number of aryl methyl sites for hydroxylation is 1. The maximum Gasteiger partial charge on any atom is 0.132 e. The van der Waals surface area contributed by atoms with Gasteiger partial charge in [0, 0.05) is 21.8 Å². The van der Waals surface area contributed by atoms with E-state index in [1.54, 1.807) is 7.11 Å². The molecular formula is C24H24Br2O3. The lowest BCUT2D eigenvalue weighted by molar-refractivity contribution is 0.283. The summed E-state index contributed by atoms with van der Waals surface area (Å²) in [5.41, 5.74) is 5.59. The molecule has 0 aliphatic carbocycles. The maximum atomic E-state index is 5.99. The van der Waals surface area contributed by atoms with Crippen LogP contribution in [0.25, 0.3) is 0 Å². The number of benzene rings is 3. The molecule has 3 nitrogen and oxygen atoms in total. The van der Waals surface area contributed by atoms with Gasteiger partial charge in [-0.2, -0.15) is 0 Å². The zero-order valence-corrected chi connectivity index (χ0v) is 19.8. The number of ether oxygens (including phenoxy) is 3. The number of hydrogen-bond donors (Lipinski definition) is 0. The van der Waals surface area contributed by atoms with Crippen molar-refractivity contribution in [2.75, 3.05) is 7.11 Å². The normalized spacial score (nSPS) is 10.6. The first-order valence-electron chi connectivity index (χ1n) is 9.34. The molecule has 29 heavy (non-hydrogen) atoms. The van der Waals surface area contributed by atoms with Crippen molar-refractivity contribution in [3.8, 4) is 17.2 Å². The standard InChI is InChI=1S/C24H24Br2O3/c1-17-11-20(15-28-22-7-3-18(13-25)4-8-22)24(27-2)21(12-17)16-29-23-9-5-19(14-26)6-10-23/h3-12H,13-16H2,1-2H3. The van der Waals surface area contributed by atoms with Gasteiger partial charge in [-0.15, -0.1) is 0 Å². The number of rotatable bonds is 9. The molecular weight excluding hydrogens is 496 g/mol. The van der Waals surface area contributed by atoms with Gasteiger partial charge < -0.3 is 14.2 Å². The lowest BCUT2D eigenvalue weighted by Gasteiger charge is -2.16. The summed E-state index contributed by atoms with van der Waals surface area (Å²) < 4.78 is 17.7. The van der Waals surface area contributed by atoms with E-state index < -0.39 is 0 Å². The summed E-state index contributed by atoms with van der Waals surface area (Å²) in [6.45, 7) is 2.94. The first kappa shape index (κ1) is 21.7. The second kappa shape index (κ2) is 10.7. The van der Waals surface area contributed by atoms with E-state index in [1.165, 1.54) is 11.1 Å². The Morgan fingerprint density at radius 1 is 0.690 bits per heavy atom. The first-order valence-corrected chi connectivity index (χ1v) is 11.6. The first-order chi connectivity index (χ1) is 14.1. The van der Waals surface area contributed by atoms with Gasteiger partial charge in [-0.05, 0) is 54.4 Å². The molecule has 0 radical (unpaired) electrons. The van der Waals surface area contributed by atoms with Gasteiger partial charge in [0.1, 0.15) is 30.5 Å². The van der Waals surface area contributed by atoms with Gasteiger partial charge in [-0.25, -0.2) is 0 Å². The second-order valence-electron chi connectivity index (χ2n) is 6.75. The Hall–Kier alpha value is -1.98. The summed E-state index contributed by atoms with van der Waals surface area (Å²) in [5, 5.41) is 1.67. The van der Waals surface area contributed by atoms with E-state index in [4.69, 9.17) is 14.2 Å². The minimum Gasteiger partial charge on any atom is -0.496 e. The molecule has 0 bridgehead atoms. The van der Waals surface area contributed by atoms with Gasteiger partial charge in [-0.3, -0.25) is 0 Å². The summed E-state index contributed by atoms with van der Waals surface area (Å²) in [5.74, 6) is 2.48. The number of halogens is 2. The van der Waals surface area contributed by atoms with E-state index in [0.717, 1.165) is 44.6 Å². The molecule has 0 aliphatic rings. The lowest BCUT2D eigenvalue weighted by atomic mass is 10.1. The monoisotopic (exact) mass is 518 g/mol. The molecule has 0 N–H and O–H groups in total. The van der Waals surface area contributed by atoms with Gasteiger partial charge in [0.05, 0.1) is 7.11 Å². The average molecular weight is 520 g/mol. The zero-order chi connectivity index (χ0) is 20.6. The highest BCUT2D eigenvalue weighted by atomic mass is 79.9. The summed E-state index contributed by atoms with van der Waals surface area (Å²) in [4.78, 5) is 0. The molecule has 0 saturated heterocycles. The Bertz CT molecular complexity index is 849. The Morgan fingerprint density at radius 3 is 1.45 bits per heavy atom. The van der Waals surface area contributed by atoms with Crippen molar-refractivity contribution in [1.82, 2.24) is 0 Å².